The number of halogens is 3. The van der Waals surface area contributed by atoms with Crippen molar-refractivity contribution < 1.29 is 32.2 Å². The van der Waals surface area contributed by atoms with Crippen LogP contribution in [0.5, 0.6) is 11.5 Å². The lowest BCUT2D eigenvalue weighted by Crippen LogP contribution is -2.46. The number of aryl methyl sites for hydroxylation is 1. The summed E-state index contributed by atoms with van der Waals surface area (Å²) in [4.78, 5) is 30.6. The second-order valence-corrected chi connectivity index (χ2v) is 7.76. The van der Waals surface area contributed by atoms with Gasteiger partial charge >= 0.3 is 6.18 Å². The molecule has 2 heterocycles. The zero-order chi connectivity index (χ0) is 23.8. The van der Waals surface area contributed by atoms with Gasteiger partial charge in [0.2, 0.25) is 5.91 Å². The number of pyridine rings is 1. The molecule has 1 aromatic heterocycles. The van der Waals surface area contributed by atoms with Gasteiger partial charge in [0.1, 0.15) is 0 Å². The molecule has 0 bridgehead atoms. The van der Waals surface area contributed by atoms with Gasteiger partial charge in [0.25, 0.3) is 5.91 Å². The summed E-state index contributed by atoms with van der Waals surface area (Å²) in [5, 5.41) is 3.00. The van der Waals surface area contributed by atoms with Crippen molar-refractivity contribution in [3.8, 4) is 11.5 Å². The third kappa shape index (κ3) is 7.37. The number of ether oxygens (including phenoxy) is 2. The van der Waals surface area contributed by atoms with E-state index in [0.29, 0.717) is 37.9 Å². The third-order valence-electron chi connectivity index (χ3n) is 5.33. The number of alkyl halides is 3. The smallest absolute Gasteiger partial charge is 0.422 e. The molecular weight excluding hydrogens is 439 g/mol. The lowest BCUT2D eigenvalue weighted by molar-refractivity contribution is -0.153. The molecule has 0 atom stereocenters. The molecule has 1 fully saturated rings. The van der Waals surface area contributed by atoms with Gasteiger partial charge in [-0.2, -0.15) is 13.2 Å². The average molecular weight is 465 g/mol. The molecule has 0 radical (unpaired) electrons. The average Bonchev–Trinajstić information content (AvgIpc) is 2.81. The normalized spacial score (nSPS) is 14.6. The van der Waals surface area contributed by atoms with Gasteiger partial charge in [0.05, 0.1) is 7.11 Å². The number of nitrogens with zero attached hydrogens (tertiary/aromatic N) is 2. The van der Waals surface area contributed by atoms with Gasteiger partial charge in [-0.25, -0.2) is 0 Å². The first-order valence-electron chi connectivity index (χ1n) is 10.6. The highest BCUT2D eigenvalue weighted by atomic mass is 19.4. The topological polar surface area (TPSA) is 80.8 Å². The molecule has 3 rings (SSSR count). The number of aromatic nitrogens is 1. The number of hydrogen-bond donors (Lipinski definition) is 1. The molecular formula is C23H26F3N3O4. The molecule has 0 unspecified atom stereocenters. The quantitative estimate of drug-likeness (QED) is 0.647. The predicted molar refractivity (Wildman–Crippen MR) is 114 cm³/mol. The van der Waals surface area contributed by atoms with E-state index in [1.807, 2.05) is 0 Å². The van der Waals surface area contributed by atoms with E-state index in [2.05, 4.69) is 10.3 Å². The molecule has 1 aliphatic heterocycles. The van der Waals surface area contributed by atoms with Crippen molar-refractivity contribution in [2.75, 3.05) is 26.8 Å². The van der Waals surface area contributed by atoms with Crippen molar-refractivity contribution in [1.29, 1.82) is 0 Å². The summed E-state index contributed by atoms with van der Waals surface area (Å²) in [5.41, 5.74) is 1.34. The number of methoxy groups -OCH3 is 1. The number of likely N-dealkylation sites (tertiary alicyclic amines) is 1. The van der Waals surface area contributed by atoms with Crippen LogP contribution < -0.4 is 14.8 Å². The largest absolute Gasteiger partial charge is 0.493 e. The lowest BCUT2D eigenvalue weighted by Gasteiger charge is -2.32. The molecule has 1 N–H and O–H groups in total. The number of benzene rings is 1. The number of carbonyl (C=O) groups is 2. The summed E-state index contributed by atoms with van der Waals surface area (Å²) in [5.74, 6) is 0.0172. The Bertz CT molecular complexity index is 946. The van der Waals surface area contributed by atoms with Crippen molar-refractivity contribution in [1.82, 2.24) is 15.2 Å². The summed E-state index contributed by atoms with van der Waals surface area (Å²) in [6.45, 7) is -0.288. The molecule has 2 aromatic rings. The SMILES string of the molecule is COc1cc(CCC(=O)NC2CCN(C(=O)c3ccncc3)CC2)ccc1OCC(F)(F)F. The van der Waals surface area contributed by atoms with Gasteiger partial charge in [0, 0.05) is 43.5 Å². The second kappa shape index (κ2) is 11.0. The van der Waals surface area contributed by atoms with E-state index >= 15 is 0 Å². The third-order valence-corrected chi connectivity index (χ3v) is 5.33. The maximum absolute atomic E-state index is 12.5. The first-order valence-corrected chi connectivity index (χ1v) is 10.6. The van der Waals surface area contributed by atoms with E-state index in [1.165, 1.54) is 13.2 Å². The van der Waals surface area contributed by atoms with E-state index < -0.39 is 12.8 Å². The minimum Gasteiger partial charge on any atom is -0.493 e. The van der Waals surface area contributed by atoms with Crippen LogP contribution in [0.1, 0.15) is 35.2 Å². The van der Waals surface area contributed by atoms with E-state index in [9.17, 15) is 22.8 Å². The zero-order valence-electron chi connectivity index (χ0n) is 18.2. The van der Waals surface area contributed by atoms with Crippen LogP contribution in [0.2, 0.25) is 0 Å². The first-order chi connectivity index (χ1) is 15.7. The van der Waals surface area contributed by atoms with Gasteiger partial charge in [-0.3, -0.25) is 14.6 Å². The number of nitrogens with one attached hydrogen (secondary N) is 1. The Hall–Kier alpha value is -3.30. The van der Waals surface area contributed by atoms with E-state index in [1.54, 1.807) is 41.6 Å². The Kier molecular flexibility index (Phi) is 8.13. The maximum Gasteiger partial charge on any atom is 0.422 e. The number of hydrogen-bond acceptors (Lipinski definition) is 5. The highest BCUT2D eigenvalue weighted by Gasteiger charge is 2.29. The Labute approximate surface area is 189 Å². The maximum atomic E-state index is 12.5. The van der Waals surface area contributed by atoms with Crippen LogP contribution in [0.3, 0.4) is 0 Å². The standard InChI is InChI=1S/C23H26F3N3O4/c1-32-20-14-16(2-4-19(20)33-15-23(24,25)26)3-5-21(30)28-18-8-12-29(13-9-18)22(31)17-6-10-27-11-7-17/h2,4,6-7,10-11,14,18H,3,5,8-9,12-13,15H2,1H3,(H,28,30). The molecule has 1 saturated heterocycles. The molecule has 1 aromatic carbocycles. The van der Waals surface area contributed by atoms with Crippen LogP contribution in [0, 0.1) is 0 Å². The second-order valence-electron chi connectivity index (χ2n) is 7.76. The summed E-state index contributed by atoms with van der Waals surface area (Å²) in [6, 6.07) is 7.95. The molecule has 33 heavy (non-hydrogen) atoms. The van der Waals surface area contributed by atoms with Crippen molar-refractivity contribution >= 4 is 11.8 Å². The van der Waals surface area contributed by atoms with Crippen LogP contribution in [-0.4, -0.2) is 60.7 Å². The van der Waals surface area contributed by atoms with Gasteiger partial charge in [0.15, 0.2) is 18.1 Å². The number of rotatable bonds is 8. The first kappa shape index (κ1) is 24.3. The Morgan fingerprint density at radius 3 is 2.45 bits per heavy atom. The highest BCUT2D eigenvalue weighted by molar-refractivity contribution is 5.94. The highest BCUT2D eigenvalue weighted by Crippen LogP contribution is 2.30. The Morgan fingerprint density at radius 1 is 1.12 bits per heavy atom. The number of amides is 2. The van der Waals surface area contributed by atoms with Crippen LogP contribution in [0.4, 0.5) is 13.2 Å². The van der Waals surface area contributed by atoms with Crippen LogP contribution >= 0.6 is 0 Å². The Balaban J connectivity index is 1.44. The van der Waals surface area contributed by atoms with Crippen molar-refractivity contribution in [2.24, 2.45) is 0 Å². The summed E-state index contributed by atoms with van der Waals surface area (Å²) < 4.78 is 47.0. The molecule has 0 saturated carbocycles. The number of piperidine rings is 1. The van der Waals surface area contributed by atoms with Crippen molar-refractivity contribution in [3.63, 3.8) is 0 Å². The van der Waals surface area contributed by atoms with E-state index in [0.717, 1.165) is 5.56 Å². The fourth-order valence-corrected chi connectivity index (χ4v) is 3.61. The summed E-state index contributed by atoms with van der Waals surface area (Å²) in [7, 11) is 1.35. The van der Waals surface area contributed by atoms with Crippen molar-refractivity contribution in [2.45, 2.75) is 37.9 Å². The van der Waals surface area contributed by atoms with E-state index in [-0.39, 0.29) is 35.8 Å². The minimum absolute atomic E-state index is 0.00361. The molecule has 1 aliphatic rings. The molecule has 2 amide bonds. The predicted octanol–water partition coefficient (Wildman–Crippen LogP) is 3.38. The van der Waals surface area contributed by atoms with Crippen LogP contribution in [-0.2, 0) is 11.2 Å². The number of carbonyl (C=O) groups excluding carboxylic acids is 2. The van der Waals surface area contributed by atoms with Crippen LogP contribution in [0.15, 0.2) is 42.7 Å². The Morgan fingerprint density at radius 2 is 1.82 bits per heavy atom. The monoisotopic (exact) mass is 465 g/mol. The van der Waals surface area contributed by atoms with Gasteiger partial charge in [-0.1, -0.05) is 6.07 Å². The van der Waals surface area contributed by atoms with Crippen LogP contribution in [0.25, 0.3) is 0 Å². The molecule has 10 heteroatoms. The van der Waals surface area contributed by atoms with Gasteiger partial charge in [-0.05, 0) is 49.1 Å². The molecule has 0 aliphatic carbocycles. The summed E-state index contributed by atoms with van der Waals surface area (Å²) >= 11 is 0. The minimum atomic E-state index is -4.44. The molecule has 7 nitrogen and oxygen atoms in total. The molecule has 0 spiro atoms. The fourth-order valence-electron chi connectivity index (χ4n) is 3.61. The van der Waals surface area contributed by atoms with E-state index in [4.69, 9.17) is 9.47 Å². The van der Waals surface area contributed by atoms with Crippen molar-refractivity contribution in [3.05, 3.63) is 53.9 Å². The van der Waals surface area contributed by atoms with Gasteiger partial charge in [-0.15, -0.1) is 0 Å². The molecule has 178 valence electrons. The lowest BCUT2D eigenvalue weighted by atomic mass is 10.0. The zero-order valence-corrected chi connectivity index (χ0v) is 18.2. The fraction of sp³-hybridized carbons (Fsp3) is 0.435. The van der Waals surface area contributed by atoms with Gasteiger partial charge < -0.3 is 19.7 Å². The summed E-state index contributed by atoms with van der Waals surface area (Å²) in [6.07, 6.45) is 0.689.